The lowest BCUT2D eigenvalue weighted by Crippen LogP contribution is -2.27. The smallest absolute Gasteiger partial charge is 0.0732 e. The van der Waals surface area contributed by atoms with E-state index in [0.29, 0.717) is 0 Å². The molecule has 68 heavy (non-hydrogen) atoms. The Kier molecular flexibility index (Phi) is 9.11. The first-order valence-corrected chi connectivity index (χ1v) is 24.0. The molecule has 0 saturated heterocycles. The normalized spacial score (nSPS) is 13.5. The van der Waals surface area contributed by atoms with E-state index in [1.165, 1.54) is 105 Å². The zero-order valence-corrected chi connectivity index (χ0v) is 38.9. The maximum Gasteiger partial charge on any atom is 0.0732 e. The average Bonchev–Trinajstić information content (AvgIpc) is 3.70. The molecule has 0 fully saturated rings. The van der Waals surface area contributed by atoms with Gasteiger partial charge in [-0.3, -0.25) is 0 Å². The van der Waals surface area contributed by atoms with E-state index < -0.39 is 5.41 Å². The molecule has 0 atom stereocenters. The Morgan fingerprint density at radius 3 is 1.43 bits per heavy atom. The van der Waals surface area contributed by atoms with E-state index >= 15 is 0 Å². The minimum absolute atomic E-state index is 0.626. The molecule has 10 aromatic carbocycles. The monoisotopic (exact) mass is 870 g/mol. The van der Waals surface area contributed by atoms with Gasteiger partial charge in [-0.15, -0.1) is 0 Å². The summed E-state index contributed by atoms with van der Waals surface area (Å²) in [6, 6.07) is 73.5. The first kappa shape index (κ1) is 40.1. The van der Waals surface area contributed by atoms with Gasteiger partial charge in [-0.05, 0) is 173 Å². The van der Waals surface area contributed by atoms with Gasteiger partial charge < -0.3 is 9.80 Å². The molecule has 1 spiro atoms. The molecule has 2 heteroatoms. The van der Waals surface area contributed by atoms with E-state index in [2.05, 4.69) is 256 Å². The Morgan fingerprint density at radius 2 is 0.868 bits per heavy atom. The molecule has 0 heterocycles. The van der Waals surface area contributed by atoms with Crippen LogP contribution in [0.25, 0.3) is 49.9 Å². The second kappa shape index (κ2) is 15.4. The van der Waals surface area contributed by atoms with Crippen molar-refractivity contribution >= 4 is 61.7 Å². The van der Waals surface area contributed by atoms with Crippen molar-refractivity contribution in [1.29, 1.82) is 0 Å². The van der Waals surface area contributed by atoms with E-state index in [-0.39, 0.29) is 0 Å². The second-order valence-electron chi connectivity index (χ2n) is 19.1. The number of nitrogens with zero attached hydrogens (tertiary/aromatic N) is 2. The minimum atomic E-state index is -0.626. The number of hydrogen-bond acceptors (Lipinski definition) is 2. The van der Waals surface area contributed by atoms with Crippen LogP contribution in [0.2, 0.25) is 0 Å². The maximum absolute atomic E-state index is 2.58. The van der Waals surface area contributed by atoms with Gasteiger partial charge in [0.05, 0.1) is 11.1 Å². The van der Waals surface area contributed by atoms with Gasteiger partial charge in [-0.25, -0.2) is 0 Å². The average molecular weight is 871 g/mol. The molecule has 2 nitrogen and oxygen atoms in total. The van der Waals surface area contributed by atoms with E-state index in [1.54, 1.807) is 0 Å². The summed E-state index contributed by atoms with van der Waals surface area (Å²) in [7, 11) is 0. The molecule has 0 aromatic heterocycles. The molecule has 3 aliphatic rings. The Labute approximate surface area is 399 Å². The summed E-state index contributed by atoms with van der Waals surface area (Å²) in [6.07, 6.45) is 10.1. The molecule has 0 aliphatic heterocycles. The topological polar surface area (TPSA) is 6.48 Å². The number of fused-ring (bicyclic) bond motifs is 17. The number of hydrogen-bond donors (Lipinski definition) is 0. The number of allylic oxidation sites excluding steroid dienone is 3. The molecule has 0 saturated carbocycles. The van der Waals surface area contributed by atoms with Gasteiger partial charge in [0.25, 0.3) is 0 Å². The summed E-state index contributed by atoms with van der Waals surface area (Å²) in [5, 5.41) is 5.07. The molecular weight excluding hydrogens is 821 g/mol. The van der Waals surface area contributed by atoms with Crippen molar-refractivity contribution in [1.82, 2.24) is 0 Å². The lowest BCUT2D eigenvalue weighted by Gasteiger charge is -2.34. The van der Waals surface area contributed by atoms with Crippen LogP contribution in [0.3, 0.4) is 0 Å². The molecule has 13 rings (SSSR count). The summed E-state index contributed by atoms with van der Waals surface area (Å²) in [6.45, 7) is 8.66. The second-order valence-corrected chi connectivity index (χ2v) is 19.1. The van der Waals surface area contributed by atoms with Crippen molar-refractivity contribution in [3.8, 4) is 22.3 Å². The van der Waals surface area contributed by atoms with Gasteiger partial charge in [-0.1, -0.05) is 174 Å². The standard InChI is InChI=1S/C66H50N2/c1-42-22-30-46(31-23-42)67(47-32-24-43(2)25-33-47)50-38-39-57-58(40-50)51-14-6-5-7-18-55(51)64-63-56-19-9-8-17-54(56)62(68(48-34-26-44(3)27-35-48)49-36-28-45(4)29-37-49)41-61(63)66(65(57)64)59-20-12-10-15-52(59)53-16-11-13-21-60(53)66/h5-13,15-41H,14H2,1-4H3. The molecular formula is C66H50N2. The minimum Gasteiger partial charge on any atom is -0.310 e. The van der Waals surface area contributed by atoms with E-state index in [1.807, 2.05) is 0 Å². The predicted molar refractivity (Wildman–Crippen MR) is 288 cm³/mol. The molecule has 3 aliphatic carbocycles. The van der Waals surface area contributed by atoms with Crippen LogP contribution in [-0.4, -0.2) is 0 Å². The summed E-state index contributed by atoms with van der Waals surface area (Å²) in [4.78, 5) is 4.92. The van der Waals surface area contributed by atoms with Gasteiger partial charge >= 0.3 is 0 Å². The fourth-order valence-corrected chi connectivity index (χ4v) is 11.9. The van der Waals surface area contributed by atoms with Crippen LogP contribution >= 0.6 is 0 Å². The SMILES string of the molecule is Cc1ccc(N(c2ccc(C)cc2)c2ccc3c4c(c5c(c3c2)CC=CC=C5)-c2c(cc(N(c3ccc(C)cc3)c3ccc(C)cc3)c3ccccc23)C42c3ccccc3-c3ccccc32)cc1. The first-order valence-electron chi connectivity index (χ1n) is 24.0. The number of aryl methyl sites for hydroxylation is 4. The molecule has 0 bridgehead atoms. The van der Waals surface area contributed by atoms with Crippen LogP contribution in [0.15, 0.2) is 212 Å². The molecule has 0 unspecified atom stereocenters. The summed E-state index contributed by atoms with van der Waals surface area (Å²) in [5.74, 6) is 0. The number of benzene rings is 10. The third-order valence-electron chi connectivity index (χ3n) is 14.9. The van der Waals surface area contributed by atoms with E-state index in [9.17, 15) is 0 Å². The quantitative estimate of drug-likeness (QED) is 0.164. The van der Waals surface area contributed by atoms with Crippen molar-refractivity contribution in [2.24, 2.45) is 0 Å². The Morgan fingerprint density at radius 1 is 0.382 bits per heavy atom. The first-order chi connectivity index (χ1) is 33.4. The highest BCUT2D eigenvalue weighted by Gasteiger charge is 2.54. The van der Waals surface area contributed by atoms with Gasteiger partial charge in [0.15, 0.2) is 0 Å². The largest absolute Gasteiger partial charge is 0.310 e. The zero-order valence-electron chi connectivity index (χ0n) is 38.9. The van der Waals surface area contributed by atoms with Crippen molar-refractivity contribution in [3.63, 3.8) is 0 Å². The van der Waals surface area contributed by atoms with Crippen molar-refractivity contribution in [2.45, 2.75) is 39.5 Å². The summed E-state index contributed by atoms with van der Waals surface area (Å²) >= 11 is 0. The van der Waals surface area contributed by atoms with Crippen LogP contribution in [-0.2, 0) is 11.8 Å². The predicted octanol–water partition coefficient (Wildman–Crippen LogP) is 17.6. The highest BCUT2D eigenvalue weighted by molar-refractivity contribution is 6.17. The van der Waals surface area contributed by atoms with Crippen LogP contribution in [0.4, 0.5) is 34.1 Å². The van der Waals surface area contributed by atoms with E-state index in [0.717, 1.165) is 34.9 Å². The fourth-order valence-electron chi connectivity index (χ4n) is 11.9. The Balaban J connectivity index is 1.19. The lowest BCUT2D eigenvalue weighted by molar-refractivity contribution is 0.801. The maximum atomic E-state index is 2.58. The van der Waals surface area contributed by atoms with E-state index in [4.69, 9.17) is 0 Å². The molecule has 324 valence electrons. The lowest BCUT2D eigenvalue weighted by atomic mass is 9.68. The Hall–Kier alpha value is -8.20. The van der Waals surface area contributed by atoms with Crippen LogP contribution in [0.1, 0.15) is 55.6 Å². The fraction of sp³-hybridized carbons (Fsp3) is 0.0909. The molecule has 0 N–H and O–H groups in total. The summed E-state index contributed by atoms with van der Waals surface area (Å²) in [5.41, 5.74) is 24.5. The molecule has 0 radical (unpaired) electrons. The van der Waals surface area contributed by atoms with Crippen molar-refractivity contribution in [2.75, 3.05) is 9.80 Å². The van der Waals surface area contributed by atoms with Gasteiger partial charge in [0.2, 0.25) is 0 Å². The Bertz CT molecular complexity index is 3580. The summed E-state index contributed by atoms with van der Waals surface area (Å²) < 4.78 is 0. The van der Waals surface area contributed by atoms with Gasteiger partial charge in [0.1, 0.15) is 0 Å². The van der Waals surface area contributed by atoms with Crippen LogP contribution < -0.4 is 9.80 Å². The van der Waals surface area contributed by atoms with Crippen molar-refractivity contribution in [3.05, 3.63) is 268 Å². The molecule has 0 amide bonds. The number of rotatable bonds is 6. The number of anilines is 6. The third kappa shape index (κ3) is 5.90. The van der Waals surface area contributed by atoms with Crippen LogP contribution in [0, 0.1) is 27.7 Å². The molecule has 10 aromatic rings. The highest BCUT2D eigenvalue weighted by atomic mass is 15.1. The third-order valence-corrected chi connectivity index (χ3v) is 14.9. The zero-order chi connectivity index (χ0) is 45.7. The highest BCUT2D eigenvalue weighted by Crippen LogP contribution is 2.67. The van der Waals surface area contributed by atoms with Gasteiger partial charge in [-0.2, -0.15) is 0 Å². The van der Waals surface area contributed by atoms with Gasteiger partial charge in [0, 0.05) is 33.8 Å². The van der Waals surface area contributed by atoms with Crippen molar-refractivity contribution < 1.29 is 0 Å². The van der Waals surface area contributed by atoms with Crippen LogP contribution in [0.5, 0.6) is 0 Å².